The fourth-order valence-corrected chi connectivity index (χ4v) is 1.98. The zero-order chi connectivity index (χ0) is 13.5. The van der Waals surface area contributed by atoms with Crippen LogP contribution in [0.2, 0.25) is 0 Å². The van der Waals surface area contributed by atoms with Gasteiger partial charge in [-0.3, -0.25) is 4.90 Å². The lowest BCUT2D eigenvalue weighted by Gasteiger charge is -2.37. The van der Waals surface area contributed by atoms with E-state index in [0.29, 0.717) is 11.0 Å². The molecule has 0 atom stereocenters. The van der Waals surface area contributed by atoms with Gasteiger partial charge in [0.1, 0.15) is 0 Å². The van der Waals surface area contributed by atoms with Crippen molar-refractivity contribution in [3.05, 3.63) is 0 Å². The molecule has 0 heterocycles. The van der Waals surface area contributed by atoms with Gasteiger partial charge in [0.2, 0.25) is 0 Å². The maximum atomic E-state index is 2.66. The Kier molecular flexibility index (Phi) is 7.39. The van der Waals surface area contributed by atoms with Crippen LogP contribution in [0, 0.1) is 5.41 Å². The first-order chi connectivity index (χ1) is 7.67. The lowest BCUT2D eigenvalue weighted by atomic mass is 9.91. The van der Waals surface area contributed by atoms with E-state index in [2.05, 4.69) is 53.4 Å². The number of rotatable bonds is 7. The Morgan fingerprint density at radius 2 is 1.35 bits per heavy atom. The second-order valence-corrected chi connectivity index (χ2v) is 7.53. The van der Waals surface area contributed by atoms with Crippen LogP contribution in [-0.4, -0.2) is 23.5 Å². The van der Waals surface area contributed by atoms with Crippen LogP contribution in [0.15, 0.2) is 0 Å². The SMILES string of the molecule is CCCCCCN(CCC(C)(C)C)C(C)(C)C. The highest BCUT2D eigenvalue weighted by Crippen LogP contribution is 2.22. The number of hydrogen-bond acceptors (Lipinski definition) is 1. The van der Waals surface area contributed by atoms with E-state index in [4.69, 9.17) is 0 Å². The molecule has 0 fully saturated rings. The molecule has 0 aromatic heterocycles. The van der Waals surface area contributed by atoms with Gasteiger partial charge < -0.3 is 0 Å². The van der Waals surface area contributed by atoms with Crippen molar-refractivity contribution in [2.45, 2.75) is 86.1 Å². The van der Waals surface area contributed by atoms with E-state index >= 15 is 0 Å². The lowest BCUT2D eigenvalue weighted by molar-refractivity contribution is 0.116. The molecule has 0 saturated heterocycles. The van der Waals surface area contributed by atoms with Crippen LogP contribution < -0.4 is 0 Å². The maximum Gasteiger partial charge on any atom is 0.0125 e. The Hall–Kier alpha value is -0.0400. The highest BCUT2D eigenvalue weighted by Gasteiger charge is 2.22. The number of unbranched alkanes of at least 4 members (excludes halogenated alkanes) is 3. The Labute approximate surface area is 110 Å². The average molecular weight is 241 g/mol. The maximum absolute atomic E-state index is 2.66. The van der Waals surface area contributed by atoms with Crippen molar-refractivity contribution in [3.8, 4) is 0 Å². The summed E-state index contributed by atoms with van der Waals surface area (Å²) >= 11 is 0. The smallest absolute Gasteiger partial charge is 0.0125 e. The first-order valence-corrected chi connectivity index (χ1v) is 7.42. The second-order valence-electron chi connectivity index (χ2n) is 7.53. The topological polar surface area (TPSA) is 3.24 Å². The largest absolute Gasteiger partial charge is 0.298 e. The van der Waals surface area contributed by atoms with Gasteiger partial charge in [0, 0.05) is 5.54 Å². The van der Waals surface area contributed by atoms with Gasteiger partial charge in [0.05, 0.1) is 0 Å². The minimum Gasteiger partial charge on any atom is -0.298 e. The molecule has 0 radical (unpaired) electrons. The molecule has 0 aliphatic rings. The van der Waals surface area contributed by atoms with Gasteiger partial charge in [0.15, 0.2) is 0 Å². The average Bonchev–Trinajstić information content (AvgIpc) is 2.13. The summed E-state index contributed by atoms with van der Waals surface area (Å²) in [5.41, 5.74) is 0.768. The number of nitrogens with zero attached hydrogens (tertiary/aromatic N) is 1. The molecule has 0 N–H and O–H groups in total. The van der Waals surface area contributed by atoms with Crippen LogP contribution in [0.5, 0.6) is 0 Å². The van der Waals surface area contributed by atoms with Crippen molar-refractivity contribution in [3.63, 3.8) is 0 Å². The first kappa shape index (κ1) is 17.0. The van der Waals surface area contributed by atoms with Crippen molar-refractivity contribution in [2.24, 2.45) is 5.41 Å². The van der Waals surface area contributed by atoms with Crippen LogP contribution >= 0.6 is 0 Å². The molecular weight excluding hydrogens is 206 g/mol. The van der Waals surface area contributed by atoms with Gasteiger partial charge in [-0.1, -0.05) is 47.0 Å². The quantitative estimate of drug-likeness (QED) is 0.560. The third kappa shape index (κ3) is 9.64. The Balaban J connectivity index is 4.08. The molecule has 1 heteroatoms. The van der Waals surface area contributed by atoms with Gasteiger partial charge in [-0.2, -0.15) is 0 Å². The second kappa shape index (κ2) is 7.41. The Morgan fingerprint density at radius 3 is 1.76 bits per heavy atom. The van der Waals surface area contributed by atoms with Gasteiger partial charge >= 0.3 is 0 Å². The molecule has 104 valence electrons. The molecular formula is C16H35N. The highest BCUT2D eigenvalue weighted by atomic mass is 15.2. The molecule has 0 aliphatic carbocycles. The van der Waals surface area contributed by atoms with Crippen LogP contribution in [0.25, 0.3) is 0 Å². The van der Waals surface area contributed by atoms with Crippen molar-refractivity contribution in [2.75, 3.05) is 13.1 Å². The van der Waals surface area contributed by atoms with Crippen molar-refractivity contribution >= 4 is 0 Å². The molecule has 0 aromatic carbocycles. The van der Waals surface area contributed by atoms with Gasteiger partial charge in [-0.05, 0) is 52.1 Å². The molecule has 0 amide bonds. The normalized spacial score (nSPS) is 13.4. The van der Waals surface area contributed by atoms with E-state index in [1.54, 1.807) is 0 Å². The fraction of sp³-hybridized carbons (Fsp3) is 1.00. The third-order valence-electron chi connectivity index (χ3n) is 3.36. The summed E-state index contributed by atoms with van der Waals surface area (Å²) in [4.78, 5) is 2.66. The minimum absolute atomic E-state index is 0.317. The van der Waals surface area contributed by atoms with E-state index in [9.17, 15) is 0 Å². The first-order valence-electron chi connectivity index (χ1n) is 7.42. The zero-order valence-corrected chi connectivity index (χ0v) is 13.4. The molecule has 0 aliphatic heterocycles. The molecule has 17 heavy (non-hydrogen) atoms. The summed E-state index contributed by atoms with van der Waals surface area (Å²) < 4.78 is 0. The summed E-state index contributed by atoms with van der Waals surface area (Å²) in [5, 5.41) is 0. The fourth-order valence-electron chi connectivity index (χ4n) is 1.98. The van der Waals surface area contributed by atoms with Gasteiger partial charge in [-0.15, -0.1) is 0 Å². The summed E-state index contributed by atoms with van der Waals surface area (Å²) in [6.07, 6.45) is 6.75. The molecule has 0 rings (SSSR count). The van der Waals surface area contributed by atoms with Crippen LogP contribution in [0.3, 0.4) is 0 Å². The van der Waals surface area contributed by atoms with E-state index in [-0.39, 0.29) is 0 Å². The molecule has 0 unspecified atom stereocenters. The van der Waals surface area contributed by atoms with Crippen molar-refractivity contribution < 1.29 is 0 Å². The van der Waals surface area contributed by atoms with Crippen molar-refractivity contribution in [1.29, 1.82) is 0 Å². The predicted molar refractivity (Wildman–Crippen MR) is 79.5 cm³/mol. The predicted octanol–water partition coefficient (Wildman–Crippen LogP) is 5.10. The molecule has 0 aromatic rings. The minimum atomic E-state index is 0.317. The molecule has 0 saturated carbocycles. The summed E-state index contributed by atoms with van der Waals surface area (Å²) in [6.45, 7) is 18.8. The van der Waals surface area contributed by atoms with E-state index < -0.39 is 0 Å². The molecule has 1 nitrogen and oxygen atoms in total. The summed E-state index contributed by atoms with van der Waals surface area (Å²) in [7, 11) is 0. The Morgan fingerprint density at radius 1 is 0.765 bits per heavy atom. The van der Waals surface area contributed by atoms with E-state index in [0.717, 1.165) is 0 Å². The zero-order valence-electron chi connectivity index (χ0n) is 13.4. The van der Waals surface area contributed by atoms with Crippen LogP contribution in [-0.2, 0) is 0 Å². The highest BCUT2D eigenvalue weighted by molar-refractivity contribution is 4.78. The summed E-state index contributed by atoms with van der Waals surface area (Å²) in [5.74, 6) is 0. The van der Waals surface area contributed by atoms with Gasteiger partial charge in [-0.25, -0.2) is 0 Å². The van der Waals surface area contributed by atoms with E-state index in [1.165, 1.54) is 45.2 Å². The standard InChI is InChI=1S/C16H35N/c1-8-9-10-11-13-17(16(5,6)7)14-12-15(2,3)4/h8-14H2,1-7H3. The summed E-state index contributed by atoms with van der Waals surface area (Å²) in [6, 6.07) is 0. The van der Waals surface area contributed by atoms with E-state index in [1.807, 2.05) is 0 Å². The van der Waals surface area contributed by atoms with Gasteiger partial charge in [0.25, 0.3) is 0 Å². The van der Waals surface area contributed by atoms with Crippen molar-refractivity contribution in [1.82, 2.24) is 4.90 Å². The number of hydrogen-bond donors (Lipinski definition) is 0. The third-order valence-corrected chi connectivity index (χ3v) is 3.36. The van der Waals surface area contributed by atoms with Crippen LogP contribution in [0.1, 0.15) is 80.6 Å². The molecule has 0 bridgehead atoms. The monoisotopic (exact) mass is 241 g/mol. The van der Waals surface area contributed by atoms with Crippen LogP contribution in [0.4, 0.5) is 0 Å². The Bertz CT molecular complexity index is 183. The molecule has 0 spiro atoms. The lowest BCUT2D eigenvalue weighted by Crippen LogP contribution is -2.43.